The first-order valence-electron chi connectivity index (χ1n) is 9.15. The highest BCUT2D eigenvalue weighted by Crippen LogP contribution is 2.32. The van der Waals surface area contributed by atoms with Crippen molar-refractivity contribution in [2.75, 3.05) is 25.6 Å². The molecule has 0 fully saturated rings. The number of benzene rings is 1. The van der Waals surface area contributed by atoms with Crippen molar-refractivity contribution in [3.05, 3.63) is 45.8 Å². The monoisotopic (exact) mass is 419 g/mol. The number of rotatable bonds is 9. The lowest BCUT2D eigenvalue weighted by Crippen LogP contribution is -2.21. The van der Waals surface area contributed by atoms with E-state index in [1.165, 1.54) is 18.4 Å². The summed E-state index contributed by atoms with van der Waals surface area (Å²) in [6.45, 7) is 5.56. The lowest BCUT2D eigenvalue weighted by molar-refractivity contribution is -0.147. The van der Waals surface area contributed by atoms with Crippen molar-refractivity contribution in [3.8, 4) is 5.75 Å². The van der Waals surface area contributed by atoms with Gasteiger partial charge in [0.1, 0.15) is 10.8 Å². The fourth-order valence-electron chi connectivity index (χ4n) is 2.56. The summed E-state index contributed by atoms with van der Waals surface area (Å²) in [5, 5.41) is 3.00. The van der Waals surface area contributed by atoms with E-state index in [1.807, 2.05) is 38.1 Å². The summed E-state index contributed by atoms with van der Waals surface area (Å²) in [4.78, 5) is 36.7. The van der Waals surface area contributed by atoms with Crippen molar-refractivity contribution >= 4 is 34.2 Å². The quantitative estimate of drug-likeness (QED) is 0.491. The van der Waals surface area contributed by atoms with Crippen LogP contribution in [0.2, 0.25) is 0 Å². The van der Waals surface area contributed by atoms with E-state index in [9.17, 15) is 14.4 Å². The molecule has 0 aliphatic carbocycles. The molecular formula is C21H25NO6S. The fraction of sp³-hybridized carbons (Fsp3) is 0.381. The lowest BCUT2D eigenvalue weighted by atomic mass is 10.1. The molecule has 0 radical (unpaired) electrons. The number of esters is 2. The number of carbonyl (C=O) groups is 3. The van der Waals surface area contributed by atoms with Gasteiger partial charge in [-0.15, -0.1) is 11.3 Å². The molecule has 0 bridgehead atoms. The minimum atomic E-state index is -0.521. The van der Waals surface area contributed by atoms with Crippen LogP contribution in [0.5, 0.6) is 5.75 Å². The average molecular weight is 419 g/mol. The average Bonchev–Trinajstić information content (AvgIpc) is 2.96. The van der Waals surface area contributed by atoms with Gasteiger partial charge in [-0.1, -0.05) is 12.1 Å². The van der Waals surface area contributed by atoms with Crippen LogP contribution in [0.3, 0.4) is 0 Å². The van der Waals surface area contributed by atoms with Gasteiger partial charge in [-0.05, 0) is 50.5 Å². The van der Waals surface area contributed by atoms with Gasteiger partial charge in [0.05, 0.1) is 19.3 Å². The van der Waals surface area contributed by atoms with Gasteiger partial charge >= 0.3 is 11.9 Å². The molecule has 1 amide bonds. The maximum atomic E-state index is 12.1. The highest BCUT2D eigenvalue weighted by molar-refractivity contribution is 7.16. The van der Waals surface area contributed by atoms with Gasteiger partial charge in [-0.2, -0.15) is 0 Å². The third-order valence-electron chi connectivity index (χ3n) is 4.18. The normalized spacial score (nSPS) is 10.3. The predicted octanol–water partition coefficient (Wildman–Crippen LogP) is 3.80. The summed E-state index contributed by atoms with van der Waals surface area (Å²) in [5.74, 6) is -0.770. The van der Waals surface area contributed by atoms with Crippen molar-refractivity contribution in [3.63, 3.8) is 0 Å². The number of hydrogen-bond acceptors (Lipinski definition) is 7. The zero-order chi connectivity index (χ0) is 21.4. The van der Waals surface area contributed by atoms with E-state index in [-0.39, 0.29) is 6.42 Å². The highest BCUT2D eigenvalue weighted by atomic mass is 32.1. The number of amides is 1. The van der Waals surface area contributed by atoms with E-state index in [4.69, 9.17) is 14.2 Å². The summed E-state index contributed by atoms with van der Waals surface area (Å²) < 4.78 is 15.3. The summed E-state index contributed by atoms with van der Waals surface area (Å²) in [6.07, 6.45) is 0.619. The Hall–Kier alpha value is -2.87. The smallest absolute Gasteiger partial charge is 0.341 e. The number of ether oxygens (including phenoxy) is 3. The Morgan fingerprint density at radius 2 is 1.90 bits per heavy atom. The topological polar surface area (TPSA) is 90.9 Å². The molecule has 0 saturated carbocycles. The highest BCUT2D eigenvalue weighted by Gasteiger charge is 2.21. The molecule has 0 spiro atoms. The number of nitrogens with one attached hydrogen (secondary N) is 1. The molecule has 0 aliphatic rings. The molecule has 0 unspecified atom stereocenters. The third-order valence-corrected chi connectivity index (χ3v) is 5.30. The molecule has 0 atom stereocenters. The molecule has 1 aromatic heterocycles. The number of methoxy groups -OCH3 is 1. The number of hydrogen-bond donors (Lipinski definition) is 1. The van der Waals surface area contributed by atoms with Crippen LogP contribution < -0.4 is 10.1 Å². The number of anilines is 1. The molecule has 2 aromatic rings. The van der Waals surface area contributed by atoms with E-state index in [0.29, 0.717) is 23.6 Å². The second-order valence-corrected chi connectivity index (χ2v) is 7.68. The SMILES string of the molecule is COC(=O)c1c(NC(=O)COC(=O)CCCOc2cccc(C)c2)sc(C)c1C. The minimum Gasteiger partial charge on any atom is -0.494 e. The van der Waals surface area contributed by atoms with Crippen molar-refractivity contribution in [2.45, 2.75) is 33.6 Å². The molecule has 0 saturated heterocycles. The van der Waals surface area contributed by atoms with E-state index in [2.05, 4.69) is 5.32 Å². The molecule has 156 valence electrons. The molecule has 1 N–H and O–H groups in total. The van der Waals surface area contributed by atoms with Gasteiger partial charge < -0.3 is 19.5 Å². The Balaban J connectivity index is 1.74. The van der Waals surface area contributed by atoms with Gasteiger partial charge in [0.15, 0.2) is 6.61 Å². The first-order chi connectivity index (χ1) is 13.8. The number of thiophene rings is 1. The Morgan fingerprint density at radius 3 is 2.59 bits per heavy atom. The summed E-state index contributed by atoms with van der Waals surface area (Å²) >= 11 is 1.27. The van der Waals surface area contributed by atoms with Crippen LogP contribution in [0.25, 0.3) is 0 Å². The van der Waals surface area contributed by atoms with Crippen LogP contribution in [-0.2, 0) is 19.1 Å². The van der Waals surface area contributed by atoms with E-state index >= 15 is 0 Å². The fourth-order valence-corrected chi connectivity index (χ4v) is 3.62. The molecule has 29 heavy (non-hydrogen) atoms. The van der Waals surface area contributed by atoms with Gasteiger partial charge in [0, 0.05) is 11.3 Å². The van der Waals surface area contributed by atoms with Crippen molar-refractivity contribution in [1.82, 2.24) is 0 Å². The Bertz CT molecular complexity index is 889. The van der Waals surface area contributed by atoms with Crippen LogP contribution in [0.15, 0.2) is 24.3 Å². The molecule has 1 aromatic carbocycles. The number of carbonyl (C=O) groups excluding carboxylic acids is 3. The Labute approximate surface area is 174 Å². The van der Waals surface area contributed by atoms with Crippen molar-refractivity contribution < 1.29 is 28.6 Å². The summed E-state index contributed by atoms with van der Waals surface area (Å²) in [6, 6.07) is 7.65. The summed E-state index contributed by atoms with van der Waals surface area (Å²) in [7, 11) is 1.28. The maximum absolute atomic E-state index is 12.1. The molecule has 0 aliphatic heterocycles. The van der Waals surface area contributed by atoms with Crippen molar-refractivity contribution in [2.24, 2.45) is 0 Å². The largest absolute Gasteiger partial charge is 0.494 e. The van der Waals surface area contributed by atoms with Gasteiger partial charge in [0.2, 0.25) is 0 Å². The second kappa shape index (κ2) is 10.6. The lowest BCUT2D eigenvalue weighted by Gasteiger charge is -2.08. The van der Waals surface area contributed by atoms with Crippen LogP contribution in [-0.4, -0.2) is 38.2 Å². The zero-order valence-corrected chi connectivity index (χ0v) is 17.8. The molecule has 2 rings (SSSR count). The molecule has 1 heterocycles. The first-order valence-corrected chi connectivity index (χ1v) is 9.96. The maximum Gasteiger partial charge on any atom is 0.341 e. The predicted molar refractivity (Wildman–Crippen MR) is 111 cm³/mol. The number of aryl methyl sites for hydroxylation is 2. The Morgan fingerprint density at radius 1 is 1.14 bits per heavy atom. The van der Waals surface area contributed by atoms with E-state index in [1.54, 1.807) is 6.92 Å². The molecule has 7 nitrogen and oxygen atoms in total. The van der Waals surface area contributed by atoms with Gasteiger partial charge in [-0.25, -0.2) is 4.79 Å². The second-order valence-electron chi connectivity index (χ2n) is 6.46. The molecule has 8 heteroatoms. The van der Waals surface area contributed by atoms with E-state index in [0.717, 1.165) is 21.8 Å². The minimum absolute atomic E-state index is 0.143. The molecular weight excluding hydrogens is 394 g/mol. The van der Waals surface area contributed by atoms with Gasteiger partial charge in [-0.3, -0.25) is 9.59 Å². The third kappa shape index (κ3) is 6.60. The zero-order valence-electron chi connectivity index (χ0n) is 17.0. The van der Waals surface area contributed by atoms with E-state index < -0.39 is 24.5 Å². The first kappa shape index (κ1) is 22.4. The van der Waals surface area contributed by atoms with Crippen LogP contribution >= 0.6 is 11.3 Å². The van der Waals surface area contributed by atoms with Crippen LogP contribution in [0, 0.1) is 20.8 Å². The summed E-state index contributed by atoms with van der Waals surface area (Å²) in [5.41, 5.74) is 2.17. The van der Waals surface area contributed by atoms with Gasteiger partial charge in [0.25, 0.3) is 5.91 Å². The Kier molecular flexibility index (Phi) is 8.21. The van der Waals surface area contributed by atoms with Crippen LogP contribution in [0.4, 0.5) is 5.00 Å². The van der Waals surface area contributed by atoms with Crippen molar-refractivity contribution in [1.29, 1.82) is 0 Å². The standard InChI is InChI=1S/C21H25NO6S/c1-13-7-5-8-16(11-13)27-10-6-9-18(24)28-12-17(23)22-20-19(21(25)26-4)14(2)15(3)29-20/h5,7-8,11H,6,9-10,12H2,1-4H3,(H,22,23). The van der Waals surface area contributed by atoms with Crippen LogP contribution in [0.1, 0.15) is 39.2 Å².